The quantitative estimate of drug-likeness (QED) is 0.638. The van der Waals surface area contributed by atoms with Gasteiger partial charge in [0.05, 0.1) is 31.1 Å². The number of nitrogen functional groups attached to an aromatic ring is 1. The van der Waals surface area contributed by atoms with E-state index in [2.05, 4.69) is 5.10 Å². The summed E-state index contributed by atoms with van der Waals surface area (Å²) in [6.07, 6.45) is 3.25. The average molecular weight is 304 g/mol. The Kier molecular flexibility index (Phi) is 4.21. The zero-order chi connectivity index (χ0) is 14.9. The smallest absolute Gasteiger partial charge is 0.269 e. The van der Waals surface area contributed by atoms with Gasteiger partial charge in [0.15, 0.2) is 5.82 Å². The molecule has 1 aromatic rings. The van der Waals surface area contributed by atoms with E-state index in [0.717, 1.165) is 19.4 Å². The monoisotopic (exact) mass is 304 g/mol. The highest BCUT2D eigenvalue weighted by Crippen LogP contribution is 2.30. The molecule has 4 N–H and O–H groups in total. The van der Waals surface area contributed by atoms with Gasteiger partial charge in [-0.2, -0.15) is 13.5 Å². The van der Waals surface area contributed by atoms with Crippen LogP contribution in [0, 0.1) is 0 Å². The van der Waals surface area contributed by atoms with Gasteiger partial charge in [0.2, 0.25) is 0 Å². The second-order valence-electron chi connectivity index (χ2n) is 5.10. The number of hydrogen-bond donors (Lipinski definition) is 3. The van der Waals surface area contributed by atoms with Crippen molar-refractivity contribution in [3.8, 4) is 0 Å². The lowest BCUT2D eigenvalue weighted by Crippen LogP contribution is -2.35. The maximum atomic E-state index is 11.1. The van der Waals surface area contributed by atoms with E-state index in [0.29, 0.717) is 11.5 Å². The zero-order valence-corrected chi connectivity index (χ0v) is 12.1. The van der Waals surface area contributed by atoms with Gasteiger partial charge < -0.3 is 15.7 Å². The van der Waals surface area contributed by atoms with Crippen molar-refractivity contribution < 1.29 is 18.1 Å². The van der Waals surface area contributed by atoms with Gasteiger partial charge >= 0.3 is 0 Å². The topological polar surface area (TPSA) is 122 Å². The van der Waals surface area contributed by atoms with Crippen LogP contribution in [0.25, 0.3) is 0 Å². The summed E-state index contributed by atoms with van der Waals surface area (Å²) in [5.74, 6) is 0.608. The maximum absolute atomic E-state index is 11.1. The molecule has 1 fully saturated rings. The Morgan fingerprint density at radius 2 is 2.30 bits per heavy atom. The summed E-state index contributed by atoms with van der Waals surface area (Å²) >= 11 is 0. The van der Waals surface area contributed by atoms with Crippen LogP contribution >= 0.6 is 0 Å². The van der Waals surface area contributed by atoms with Gasteiger partial charge in [-0.3, -0.25) is 4.55 Å². The van der Waals surface area contributed by atoms with E-state index in [-0.39, 0.29) is 19.2 Å². The third-order valence-electron chi connectivity index (χ3n) is 3.64. The number of anilines is 2. The van der Waals surface area contributed by atoms with E-state index in [1.807, 2.05) is 4.90 Å². The van der Waals surface area contributed by atoms with Crippen LogP contribution in [0.1, 0.15) is 19.8 Å². The summed E-state index contributed by atoms with van der Waals surface area (Å²) in [6.45, 7) is 2.17. The molecular weight excluding hydrogens is 284 g/mol. The summed E-state index contributed by atoms with van der Waals surface area (Å²) in [7, 11) is -4.12. The molecule has 2 heterocycles. The molecule has 1 aromatic heterocycles. The van der Waals surface area contributed by atoms with Crippen LogP contribution in [-0.2, 0) is 16.7 Å². The van der Waals surface area contributed by atoms with Crippen molar-refractivity contribution in [3.05, 3.63) is 6.20 Å². The lowest BCUT2D eigenvalue weighted by Gasteiger charge is -2.26. The molecule has 2 unspecified atom stereocenters. The third kappa shape index (κ3) is 2.89. The van der Waals surface area contributed by atoms with E-state index in [4.69, 9.17) is 10.3 Å². The molecule has 1 aliphatic rings. The molecule has 2 atom stereocenters. The Hall–Kier alpha value is -1.32. The first-order valence-electron chi connectivity index (χ1n) is 6.49. The summed E-state index contributed by atoms with van der Waals surface area (Å²) in [6, 6.07) is -0.0335. The molecule has 8 nitrogen and oxygen atoms in total. The highest BCUT2D eigenvalue weighted by Gasteiger charge is 2.29. The van der Waals surface area contributed by atoms with Crippen molar-refractivity contribution in [3.63, 3.8) is 0 Å². The second kappa shape index (κ2) is 5.58. The van der Waals surface area contributed by atoms with Crippen molar-refractivity contribution in [1.82, 2.24) is 9.78 Å². The van der Waals surface area contributed by atoms with Gasteiger partial charge in [-0.05, 0) is 19.8 Å². The molecule has 0 radical (unpaired) electrons. The van der Waals surface area contributed by atoms with Crippen molar-refractivity contribution in [2.45, 2.75) is 37.6 Å². The van der Waals surface area contributed by atoms with E-state index in [9.17, 15) is 13.5 Å². The van der Waals surface area contributed by atoms with E-state index >= 15 is 0 Å². The van der Waals surface area contributed by atoms with Crippen LogP contribution in [0.5, 0.6) is 0 Å². The van der Waals surface area contributed by atoms with Crippen LogP contribution in [-0.4, -0.2) is 52.3 Å². The number of aliphatic hydroxyl groups excluding tert-OH is 1. The summed E-state index contributed by atoms with van der Waals surface area (Å²) < 4.78 is 32.8. The first-order chi connectivity index (χ1) is 9.34. The molecule has 0 aromatic carbocycles. The Bertz CT molecular complexity index is 571. The van der Waals surface area contributed by atoms with E-state index in [1.165, 1.54) is 17.8 Å². The molecule has 114 valence electrons. The van der Waals surface area contributed by atoms with Crippen molar-refractivity contribution in [2.24, 2.45) is 0 Å². The molecule has 20 heavy (non-hydrogen) atoms. The minimum Gasteiger partial charge on any atom is -0.394 e. The molecular formula is C11H20N4O4S. The predicted octanol–water partition coefficient (Wildman–Crippen LogP) is -0.297. The maximum Gasteiger partial charge on any atom is 0.269 e. The molecule has 2 rings (SSSR count). The number of hydrogen-bond acceptors (Lipinski definition) is 6. The van der Waals surface area contributed by atoms with Gasteiger partial charge in [0.1, 0.15) is 5.25 Å². The number of nitrogens with two attached hydrogens (primary N) is 1. The lowest BCUT2D eigenvalue weighted by atomic mass is 10.2. The average Bonchev–Trinajstić information content (AvgIpc) is 2.94. The van der Waals surface area contributed by atoms with Gasteiger partial charge in [0, 0.05) is 6.54 Å². The number of aromatic nitrogens is 2. The first-order valence-corrected chi connectivity index (χ1v) is 8.00. The predicted molar refractivity (Wildman–Crippen MR) is 75.1 cm³/mol. The summed E-state index contributed by atoms with van der Waals surface area (Å²) in [5, 5.41) is 12.5. The van der Waals surface area contributed by atoms with Crippen LogP contribution in [0.2, 0.25) is 0 Å². The van der Waals surface area contributed by atoms with E-state index in [1.54, 1.807) is 0 Å². The van der Waals surface area contributed by atoms with E-state index < -0.39 is 15.4 Å². The molecule has 1 aliphatic heterocycles. The van der Waals surface area contributed by atoms with Gasteiger partial charge in [-0.15, -0.1) is 0 Å². The number of nitrogens with zero attached hydrogens (tertiary/aromatic N) is 3. The van der Waals surface area contributed by atoms with Crippen molar-refractivity contribution >= 4 is 21.6 Å². The minimum atomic E-state index is -4.12. The fraction of sp³-hybridized carbons (Fsp3) is 0.727. The molecule has 9 heteroatoms. The molecule has 0 bridgehead atoms. The number of rotatable bonds is 5. The van der Waals surface area contributed by atoms with Crippen LogP contribution in [0.3, 0.4) is 0 Å². The molecule has 0 spiro atoms. The summed E-state index contributed by atoms with van der Waals surface area (Å²) in [5.41, 5.74) is 6.34. The van der Waals surface area contributed by atoms with Crippen molar-refractivity contribution in [2.75, 3.05) is 23.8 Å². The van der Waals surface area contributed by atoms with Crippen LogP contribution < -0.4 is 10.6 Å². The summed E-state index contributed by atoms with van der Waals surface area (Å²) in [4.78, 5) is 1.94. The van der Waals surface area contributed by atoms with Crippen LogP contribution in [0.15, 0.2) is 6.20 Å². The number of aliphatic hydroxyl groups is 1. The zero-order valence-electron chi connectivity index (χ0n) is 11.3. The highest BCUT2D eigenvalue weighted by molar-refractivity contribution is 7.86. The van der Waals surface area contributed by atoms with Gasteiger partial charge in [-0.25, -0.2) is 4.68 Å². The van der Waals surface area contributed by atoms with Gasteiger partial charge in [-0.1, -0.05) is 0 Å². The Morgan fingerprint density at radius 1 is 1.60 bits per heavy atom. The third-order valence-corrected chi connectivity index (χ3v) is 4.80. The SMILES string of the molecule is CC(Cn1ncc(N)c1N1CCCC1CO)S(=O)(=O)O. The highest BCUT2D eigenvalue weighted by atomic mass is 32.2. The molecule has 0 amide bonds. The first kappa shape index (κ1) is 15.1. The Morgan fingerprint density at radius 3 is 2.90 bits per heavy atom. The standard InChI is InChI=1S/C11H20N4O4S/c1-8(20(17,18)19)6-15-11(10(12)5-13-15)14-4-2-3-9(14)7-16/h5,8-9,16H,2-4,6-7,12H2,1H3,(H,17,18,19). The second-order valence-corrected chi connectivity index (χ2v) is 6.94. The largest absolute Gasteiger partial charge is 0.394 e. The minimum absolute atomic E-state index is 0.0124. The molecule has 1 saturated heterocycles. The van der Waals surface area contributed by atoms with Gasteiger partial charge in [0.25, 0.3) is 10.1 Å². The molecule has 0 aliphatic carbocycles. The van der Waals surface area contributed by atoms with Crippen LogP contribution in [0.4, 0.5) is 11.5 Å². The fourth-order valence-corrected chi connectivity index (χ4v) is 2.81. The fourth-order valence-electron chi connectivity index (χ4n) is 2.48. The lowest BCUT2D eigenvalue weighted by molar-refractivity contribution is 0.265. The van der Waals surface area contributed by atoms with Crippen molar-refractivity contribution in [1.29, 1.82) is 0 Å². The molecule has 0 saturated carbocycles. The normalized spacial score (nSPS) is 21.4. The Balaban J connectivity index is 2.28. The Labute approximate surface area is 117 Å².